The second-order valence-corrected chi connectivity index (χ2v) is 6.19. The largest absolute Gasteiger partial charge is 0.425 e. The molecule has 1 aliphatic heterocycles. The first-order valence-electron chi connectivity index (χ1n) is 8.47. The van der Waals surface area contributed by atoms with Gasteiger partial charge < -0.3 is 25.5 Å². The average Bonchev–Trinajstić information content (AvgIpc) is 2.65. The molecule has 3 rings (SSSR count). The molecule has 1 aliphatic rings. The third kappa shape index (κ3) is 3.21. The van der Waals surface area contributed by atoms with Crippen molar-refractivity contribution >= 4 is 22.7 Å². The van der Waals surface area contributed by atoms with E-state index < -0.39 is 11.9 Å². The molecule has 0 spiro atoms. The number of nitrogens with two attached hydrogens (primary N) is 2. The Hall–Kier alpha value is -2.71. The SMILES string of the molecule is Cc1c2n(c(=O)c3cc(OC(=O)CN)cc(OC(=O)CN)c13)CCCC2. The Morgan fingerprint density at radius 2 is 1.81 bits per heavy atom. The van der Waals surface area contributed by atoms with Crippen LogP contribution in [-0.2, 0) is 22.6 Å². The number of esters is 2. The number of hydrogen-bond acceptors (Lipinski definition) is 7. The molecule has 26 heavy (non-hydrogen) atoms. The van der Waals surface area contributed by atoms with Gasteiger partial charge in [0.05, 0.1) is 18.5 Å². The van der Waals surface area contributed by atoms with E-state index in [1.54, 1.807) is 4.57 Å². The lowest BCUT2D eigenvalue weighted by atomic mass is 9.98. The summed E-state index contributed by atoms with van der Waals surface area (Å²) in [7, 11) is 0. The number of aromatic nitrogens is 1. The number of pyridine rings is 1. The highest BCUT2D eigenvalue weighted by Crippen LogP contribution is 2.34. The summed E-state index contributed by atoms with van der Waals surface area (Å²) in [6.45, 7) is 1.91. The number of nitrogens with zero attached hydrogens (tertiary/aromatic N) is 1. The van der Waals surface area contributed by atoms with Gasteiger partial charge in [-0.2, -0.15) is 0 Å². The maximum absolute atomic E-state index is 13.0. The lowest BCUT2D eigenvalue weighted by Gasteiger charge is -2.23. The zero-order valence-electron chi connectivity index (χ0n) is 14.5. The second kappa shape index (κ2) is 7.27. The van der Waals surface area contributed by atoms with Crippen molar-refractivity contribution in [1.82, 2.24) is 4.57 Å². The van der Waals surface area contributed by atoms with Crippen LogP contribution >= 0.6 is 0 Å². The second-order valence-electron chi connectivity index (χ2n) is 6.19. The van der Waals surface area contributed by atoms with Gasteiger partial charge in [0.15, 0.2) is 0 Å². The summed E-state index contributed by atoms with van der Waals surface area (Å²) in [5.74, 6) is -1.05. The fourth-order valence-corrected chi connectivity index (χ4v) is 3.36. The van der Waals surface area contributed by atoms with Crippen molar-refractivity contribution in [3.63, 3.8) is 0 Å². The molecule has 8 nitrogen and oxygen atoms in total. The third-order valence-corrected chi connectivity index (χ3v) is 4.52. The normalized spacial score (nSPS) is 13.3. The fourth-order valence-electron chi connectivity index (χ4n) is 3.36. The van der Waals surface area contributed by atoms with Crippen LogP contribution in [0.3, 0.4) is 0 Å². The van der Waals surface area contributed by atoms with Crippen LogP contribution in [0.5, 0.6) is 11.5 Å². The lowest BCUT2D eigenvalue weighted by Crippen LogP contribution is -2.28. The number of carbonyl (C=O) groups is 2. The Morgan fingerprint density at radius 1 is 1.12 bits per heavy atom. The molecule has 0 amide bonds. The topological polar surface area (TPSA) is 127 Å². The van der Waals surface area contributed by atoms with Crippen LogP contribution in [0.4, 0.5) is 0 Å². The predicted molar refractivity (Wildman–Crippen MR) is 95.3 cm³/mol. The van der Waals surface area contributed by atoms with E-state index in [1.807, 2.05) is 6.92 Å². The molecule has 2 heterocycles. The minimum absolute atomic E-state index is 0.0978. The maximum Gasteiger partial charge on any atom is 0.325 e. The highest BCUT2D eigenvalue weighted by molar-refractivity contribution is 5.95. The number of rotatable bonds is 4. The zero-order chi connectivity index (χ0) is 18.8. The molecular weight excluding hydrogens is 338 g/mol. The summed E-state index contributed by atoms with van der Waals surface area (Å²) < 4.78 is 12.2. The zero-order valence-corrected chi connectivity index (χ0v) is 14.5. The molecule has 2 aromatic rings. The van der Waals surface area contributed by atoms with Crippen LogP contribution in [0.1, 0.15) is 24.1 Å². The van der Waals surface area contributed by atoms with E-state index in [0.29, 0.717) is 17.3 Å². The minimum atomic E-state index is -0.657. The van der Waals surface area contributed by atoms with Crippen molar-refractivity contribution in [2.75, 3.05) is 13.1 Å². The van der Waals surface area contributed by atoms with E-state index in [9.17, 15) is 14.4 Å². The highest BCUT2D eigenvalue weighted by Gasteiger charge is 2.22. The third-order valence-electron chi connectivity index (χ3n) is 4.52. The van der Waals surface area contributed by atoms with Gasteiger partial charge in [0, 0.05) is 23.7 Å². The van der Waals surface area contributed by atoms with Gasteiger partial charge in [0.1, 0.15) is 11.5 Å². The summed E-state index contributed by atoms with van der Waals surface area (Å²) in [5.41, 5.74) is 12.2. The Labute approximate surface area is 149 Å². The number of benzene rings is 1. The van der Waals surface area contributed by atoms with E-state index in [1.165, 1.54) is 12.1 Å². The molecule has 0 saturated heterocycles. The quantitative estimate of drug-likeness (QED) is 0.596. The first-order chi connectivity index (χ1) is 12.5. The molecule has 138 valence electrons. The van der Waals surface area contributed by atoms with E-state index in [2.05, 4.69) is 0 Å². The predicted octanol–water partition coefficient (Wildman–Crippen LogP) is 0.374. The van der Waals surface area contributed by atoms with Crippen molar-refractivity contribution in [3.8, 4) is 11.5 Å². The van der Waals surface area contributed by atoms with Gasteiger partial charge >= 0.3 is 11.9 Å². The Balaban J connectivity index is 2.29. The Kier molecular flexibility index (Phi) is 5.06. The van der Waals surface area contributed by atoms with Gasteiger partial charge in [0.2, 0.25) is 0 Å². The Morgan fingerprint density at radius 3 is 2.50 bits per heavy atom. The molecule has 4 N–H and O–H groups in total. The van der Waals surface area contributed by atoms with Gasteiger partial charge in [-0.3, -0.25) is 14.4 Å². The van der Waals surface area contributed by atoms with Gasteiger partial charge in [-0.05, 0) is 37.8 Å². The fraction of sp³-hybridized carbons (Fsp3) is 0.389. The van der Waals surface area contributed by atoms with Gasteiger partial charge in [0.25, 0.3) is 5.56 Å². The average molecular weight is 359 g/mol. The molecule has 0 aliphatic carbocycles. The van der Waals surface area contributed by atoms with Crippen LogP contribution in [0, 0.1) is 6.92 Å². The number of aryl methyl sites for hydroxylation is 1. The molecule has 0 atom stereocenters. The van der Waals surface area contributed by atoms with Crippen LogP contribution in [0.15, 0.2) is 16.9 Å². The summed E-state index contributed by atoms with van der Waals surface area (Å²) in [5, 5.41) is 0.868. The molecule has 0 saturated carbocycles. The molecule has 8 heteroatoms. The summed E-state index contributed by atoms with van der Waals surface area (Å²) in [4.78, 5) is 36.2. The van der Waals surface area contributed by atoms with Crippen molar-refractivity contribution in [3.05, 3.63) is 33.7 Å². The van der Waals surface area contributed by atoms with E-state index in [4.69, 9.17) is 20.9 Å². The van der Waals surface area contributed by atoms with Gasteiger partial charge in [-0.1, -0.05) is 0 Å². The molecule has 0 fully saturated rings. The van der Waals surface area contributed by atoms with Gasteiger partial charge in [-0.15, -0.1) is 0 Å². The van der Waals surface area contributed by atoms with Crippen molar-refractivity contribution in [1.29, 1.82) is 0 Å². The van der Waals surface area contributed by atoms with Crippen LogP contribution < -0.4 is 26.5 Å². The molecule has 0 bridgehead atoms. The first-order valence-corrected chi connectivity index (χ1v) is 8.47. The van der Waals surface area contributed by atoms with Crippen LogP contribution in [0.25, 0.3) is 10.8 Å². The maximum atomic E-state index is 13.0. The van der Waals surface area contributed by atoms with E-state index >= 15 is 0 Å². The van der Waals surface area contributed by atoms with E-state index in [-0.39, 0.29) is 30.1 Å². The molecule has 0 radical (unpaired) electrons. The van der Waals surface area contributed by atoms with Crippen molar-refractivity contribution in [2.24, 2.45) is 11.5 Å². The monoisotopic (exact) mass is 359 g/mol. The number of fused-ring (bicyclic) bond motifs is 2. The summed E-state index contributed by atoms with van der Waals surface area (Å²) in [6.07, 6.45) is 2.70. The van der Waals surface area contributed by atoms with Crippen LogP contribution in [0.2, 0.25) is 0 Å². The number of hydrogen-bond donors (Lipinski definition) is 2. The smallest absolute Gasteiger partial charge is 0.325 e. The van der Waals surface area contributed by atoms with Gasteiger partial charge in [-0.25, -0.2) is 0 Å². The number of ether oxygens (including phenoxy) is 2. The van der Waals surface area contributed by atoms with Crippen molar-refractivity contribution in [2.45, 2.75) is 32.7 Å². The van der Waals surface area contributed by atoms with Crippen molar-refractivity contribution < 1.29 is 19.1 Å². The summed E-state index contributed by atoms with van der Waals surface area (Å²) >= 11 is 0. The summed E-state index contributed by atoms with van der Waals surface area (Å²) in [6, 6.07) is 2.90. The molecule has 1 aromatic heterocycles. The lowest BCUT2D eigenvalue weighted by molar-refractivity contribution is -0.133. The molecular formula is C18H21N3O5. The van der Waals surface area contributed by atoms with Crippen LogP contribution in [-0.4, -0.2) is 29.6 Å². The standard InChI is InChI=1S/C18H21N3O5/c1-10-13-4-2-3-5-21(13)18(24)12-6-11(25-15(22)8-19)7-14(17(10)12)26-16(23)9-20/h6-7H,2-5,8-9,19-20H2,1H3. The number of carbonyl (C=O) groups excluding carboxylic acids is 2. The van der Waals surface area contributed by atoms with E-state index in [0.717, 1.165) is 30.5 Å². The highest BCUT2D eigenvalue weighted by atomic mass is 16.5. The Bertz CT molecular complexity index is 948. The first kappa shape index (κ1) is 18.1. The minimum Gasteiger partial charge on any atom is -0.425 e. The molecule has 1 aromatic carbocycles. The molecule has 0 unspecified atom stereocenters.